The molecule has 0 heterocycles. The van der Waals surface area contributed by atoms with E-state index in [1.807, 2.05) is 67.5 Å². The first-order chi connectivity index (χ1) is 11.9. The first-order valence-electron chi connectivity index (χ1n) is 8.02. The predicted octanol–water partition coefficient (Wildman–Crippen LogP) is 3.09. The Labute approximate surface area is 153 Å². The number of carbonyl (C=O) groups is 2. The third-order valence-corrected chi connectivity index (χ3v) is 3.89. The summed E-state index contributed by atoms with van der Waals surface area (Å²) in [6.45, 7) is 0.477. The molecule has 0 saturated carbocycles. The number of hydrogen-bond donors (Lipinski definition) is 2. The molecule has 0 radical (unpaired) electrons. The van der Waals surface area contributed by atoms with Crippen LogP contribution in [0.25, 0.3) is 0 Å². The molecule has 2 rings (SSSR count). The summed E-state index contributed by atoms with van der Waals surface area (Å²) < 4.78 is 0. The Hall–Kier alpha value is -2.53. The summed E-state index contributed by atoms with van der Waals surface area (Å²) in [5.41, 5.74) is 2.79. The van der Waals surface area contributed by atoms with Crippen LogP contribution in [0.4, 0.5) is 11.4 Å². The van der Waals surface area contributed by atoms with E-state index in [2.05, 4.69) is 10.6 Å². The van der Waals surface area contributed by atoms with Crippen molar-refractivity contribution < 1.29 is 9.59 Å². The molecule has 0 spiro atoms. The standard InChI is InChI=1S/C19H22ClN3O2/c1-23(2)17-9-7-16(8-10-17)22-19(25)13-18(24)21-12-11-14-3-5-15(20)6-4-14/h3-10H,11-13H2,1-2H3,(H,21,24)(H,22,25). The van der Waals surface area contributed by atoms with Crippen molar-refractivity contribution in [2.45, 2.75) is 12.8 Å². The van der Waals surface area contributed by atoms with E-state index in [0.29, 0.717) is 23.7 Å². The number of carbonyl (C=O) groups excluding carboxylic acids is 2. The number of halogens is 1. The molecule has 0 aromatic heterocycles. The maximum absolute atomic E-state index is 11.9. The van der Waals surface area contributed by atoms with E-state index >= 15 is 0 Å². The van der Waals surface area contributed by atoms with Crippen LogP contribution in [0.5, 0.6) is 0 Å². The molecule has 0 aliphatic carbocycles. The van der Waals surface area contributed by atoms with Gasteiger partial charge in [-0.15, -0.1) is 0 Å². The van der Waals surface area contributed by atoms with Crippen molar-refractivity contribution >= 4 is 34.8 Å². The Balaban J connectivity index is 1.72. The summed E-state index contributed by atoms with van der Waals surface area (Å²) in [7, 11) is 3.89. The zero-order chi connectivity index (χ0) is 18.2. The van der Waals surface area contributed by atoms with Crippen molar-refractivity contribution in [1.29, 1.82) is 0 Å². The monoisotopic (exact) mass is 359 g/mol. The second-order valence-electron chi connectivity index (χ2n) is 5.89. The number of hydrogen-bond acceptors (Lipinski definition) is 3. The van der Waals surface area contributed by atoms with Crippen LogP contribution in [0.15, 0.2) is 48.5 Å². The second kappa shape index (κ2) is 9.08. The van der Waals surface area contributed by atoms with E-state index in [9.17, 15) is 9.59 Å². The van der Waals surface area contributed by atoms with Crippen molar-refractivity contribution in [3.8, 4) is 0 Å². The molecular formula is C19H22ClN3O2. The maximum atomic E-state index is 11.9. The van der Waals surface area contributed by atoms with E-state index in [-0.39, 0.29) is 18.2 Å². The minimum Gasteiger partial charge on any atom is -0.378 e. The number of nitrogens with one attached hydrogen (secondary N) is 2. The summed E-state index contributed by atoms with van der Waals surface area (Å²) in [6.07, 6.45) is 0.493. The van der Waals surface area contributed by atoms with Gasteiger partial charge in [0.1, 0.15) is 6.42 Å². The number of benzene rings is 2. The maximum Gasteiger partial charge on any atom is 0.233 e. The fraction of sp³-hybridized carbons (Fsp3) is 0.263. The summed E-state index contributed by atoms with van der Waals surface area (Å²) in [5.74, 6) is -0.627. The van der Waals surface area contributed by atoms with Gasteiger partial charge in [0.25, 0.3) is 0 Å². The van der Waals surface area contributed by atoms with Crippen LogP contribution in [0.1, 0.15) is 12.0 Å². The predicted molar refractivity (Wildman–Crippen MR) is 102 cm³/mol. The van der Waals surface area contributed by atoms with Crippen LogP contribution in [0, 0.1) is 0 Å². The summed E-state index contributed by atoms with van der Waals surface area (Å²) >= 11 is 5.83. The highest BCUT2D eigenvalue weighted by Gasteiger charge is 2.09. The molecule has 25 heavy (non-hydrogen) atoms. The Morgan fingerprint density at radius 1 is 0.960 bits per heavy atom. The van der Waals surface area contributed by atoms with E-state index < -0.39 is 0 Å². The minimum atomic E-state index is -0.332. The Morgan fingerprint density at radius 3 is 2.20 bits per heavy atom. The van der Waals surface area contributed by atoms with Gasteiger partial charge in [-0.3, -0.25) is 9.59 Å². The van der Waals surface area contributed by atoms with Gasteiger partial charge in [0, 0.05) is 37.0 Å². The lowest BCUT2D eigenvalue weighted by Gasteiger charge is -2.13. The van der Waals surface area contributed by atoms with Crippen LogP contribution in [-0.2, 0) is 16.0 Å². The van der Waals surface area contributed by atoms with Gasteiger partial charge >= 0.3 is 0 Å². The quantitative estimate of drug-likeness (QED) is 0.747. The Bertz CT molecular complexity index is 712. The number of amides is 2. The normalized spacial score (nSPS) is 10.2. The van der Waals surface area contributed by atoms with Gasteiger partial charge in [-0.05, 0) is 48.4 Å². The SMILES string of the molecule is CN(C)c1ccc(NC(=O)CC(=O)NCCc2ccc(Cl)cc2)cc1. The number of rotatable bonds is 7. The van der Waals surface area contributed by atoms with Gasteiger partial charge in [0.15, 0.2) is 0 Å². The molecule has 0 saturated heterocycles. The summed E-state index contributed by atoms with van der Waals surface area (Å²) in [5, 5.41) is 6.15. The molecule has 2 aromatic rings. The molecular weight excluding hydrogens is 338 g/mol. The van der Waals surface area contributed by atoms with Crippen molar-refractivity contribution in [1.82, 2.24) is 5.32 Å². The van der Waals surface area contributed by atoms with Gasteiger partial charge in [-0.2, -0.15) is 0 Å². The van der Waals surface area contributed by atoms with Crippen LogP contribution in [0.3, 0.4) is 0 Å². The average molecular weight is 360 g/mol. The van der Waals surface area contributed by atoms with Crippen molar-refractivity contribution in [2.75, 3.05) is 30.9 Å². The summed E-state index contributed by atoms with van der Waals surface area (Å²) in [6, 6.07) is 14.9. The molecule has 0 atom stereocenters. The first kappa shape index (κ1) is 18.8. The highest BCUT2D eigenvalue weighted by atomic mass is 35.5. The molecule has 2 N–H and O–H groups in total. The molecule has 0 unspecified atom stereocenters. The molecule has 0 aliphatic heterocycles. The lowest BCUT2D eigenvalue weighted by molar-refractivity contribution is -0.126. The third-order valence-electron chi connectivity index (χ3n) is 3.64. The van der Waals surface area contributed by atoms with Crippen molar-refractivity contribution in [3.05, 3.63) is 59.1 Å². The zero-order valence-corrected chi connectivity index (χ0v) is 15.1. The molecule has 132 valence electrons. The van der Waals surface area contributed by atoms with Crippen LogP contribution < -0.4 is 15.5 Å². The Morgan fingerprint density at radius 2 is 1.60 bits per heavy atom. The highest BCUT2D eigenvalue weighted by Crippen LogP contribution is 2.15. The third kappa shape index (κ3) is 6.47. The lowest BCUT2D eigenvalue weighted by Crippen LogP contribution is -2.29. The fourth-order valence-corrected chi connectivity index (χ4v) is 2.38. The van der Waals surface area contributed by atoms with Gasteiger partial charge in [0.05, 0.1) is 0 Å². The summed E-state index contributed by atoms with van der Waals surface area (Å²) in [4.78, 5) is 25.7. The lowest BCUT2D eigenvalue weighted by atomic mass is 10.1. The van der Waals surface area contributed by atoms with Crippen LogP contribution in [0.2, 0.25) is 5.02 Å². The van der Waals surface area contributed by atoms with Crippen LogP contribution in [-0.4, -0.2) is 32.5 Å². The molecule has 0 aliphatic rings. The molecule has 6 heteroatoms. The number of nitrogens with zero attached hydrogens (tertiary/aromatic N) is 1. The van der Waals surface area contributed by atoms with E-state index in [0.717, 1.165) is 11.3 Å². The van der Waals surface area contributed by atoms with Crippen molar-refractivity contribution in [2.24, 2.45) is 0 Å². The van der Waals surface area contributed by atoms with E-state index in [1.165, 1.54) is 0 Å². The molecule has 0 fully saturated rings. The molecule has 5 nitrogen and oxygen atoms in total. The van der Waals surface area contributed by atoms with E-state index in [1.54, 1.807) is 0 Å². The first-order valence-corrected chi connectivity index (χ1v) is 8.40. The second-order valence-corrected chi connectivity index (χ2v) is 6.33. The topological polar surface area (TPSA) is 61.4 Å². The fourth-order valence-electron chi connectivity index (χ4n) is 2.25. The molecule has 0 bridgehead atoms. The van der Waals surface area contributed by atoms with Gasteiger partial charge in [0.2, 0.25) is 11.8 Å². The van der Waals surface area contributed by atoms with Crippen molar-refractivity contribution in [3.63, 3.8) is 0 Å². The number of anilines is 2. The minimum absolute atomic E-state index is 0.198. The largest absolute Gasteiger partial charge is 0.378 e. The van der Waals surface area contributed by atoms with E-state index in [4.69, 9.17) is 11.6 Å². The average Bonchev–Trinajstić information content (AvgIpc) is 2.57. The molecule has 2 aromatic carbocycles. The van der Waals surface area contributed by atoms with Gasteiger partial charge < -0.3 is 15.5 Å². The Kier molecular flexibility index (Phi) is 6.83. The smallest absolute Gasteiger partial charge is 0.233 e. The van der Waals surface area contributed by atoms with Gasteiger partial charge in [-0.1, -0.05) is 23.7 Å². The van der Waals surface area contributed by atoms with Crippen LogP contribution >= 0.6 is 11.6 Å². The molecule has 2 amide bonds. The highest BCUT2D eigenvalue weighted by molar-refractivity contribution is 6.30. The zero-order valence-electron chi connectivity index (χ0n) is 14.4. The van der Waals surface area contributed by atoms with Gasteiger partial charge in [-0.25, -0.2) is 0 Å².